The summed E-state index contributed by atoms with van der Waals surface area (Å²) in [6.07, 6.45) is 20.7. The van der Waals surface area contributed by atoms with Crippen LogP contribution in [-0.4, -0.2) is 52.3 Å². The first-order valence-electron chi connectivity index (χ1n) is 23.1. The van der Waals surface area contributed by atoms with E-state index in [0.29, 0.717) is 32.3 Å². The number of esters is 1. The number of ether oxygens (including phenoxy) is 2. The molecule has 2 fully saturated rings. The molecule has 59 heavy (non-hydrogen) atoms. The summed E-state index contributed by atoms with van der Waals surface area (Å²) in [7, 11) is -5.03. The Morgan fingerprint density at radius 3 is 2.12 bits per heavy atom. The van der Waals surface area contributed by atoms with Gasteiger partial charge in [-0.3, -0.25) is 4.79 Å². The van der Waals surface area contributed by atoms with Crippen molar-refractivity contribution in [2.45, 2.75) is 161 Å². The number of unbranched alkanes of at least 4 members (excludes halogenated alkanes) is 3. The van der Waals surface area contributed by atoms with Gasteiger partial charge in [0, 0.05) is 12.2 Å². The number of allylic oxidation sites excluding steroid dienone is 6. The van der Waals surface area contributed by atoms with E-state index in [1.807, 2.05) is 13.0 Å². The largest absolute Gasteiger partial charge is 0.546 e. The lowest BCUT2D eigenvalue weighted by atomic mass is 9.60. The molecule has 2 aromatic carbocycles. The predicted octanol–water partition coefficient (Wildman–Crippen LogP) is 11.3. The molecule has 2 saturated heterocycles. The fraction of sp³-hybridized carbons (Fsp3) is 0.588. The van der Waals surface area contributed by atoms with Crippen LogP contribution in [0.2, 0.25) is 23.2 Å². The van der Waals surface area contributed by atoms with Crippen LogP contribution in [0.25, 0.3) is 0 Å². The second-order valence-electron chi connectivity index (χ2n) is 18.8. The van der Waals surface area contributed by atoms with Crippen molar-refractivity contribution in [3.8, 4) is 0 Å². The van der Waals surface area contributed by atoms with Gasteiger partial charge in [0.25, 0.3) is 8.32 Å². The van der Waals surface area contributed by atoms with Crippen LogP contribution in [0.4, 0.5) is 0 Å². The van der Waals surface area contributed by atoms with E-state index in [0.717, 1.165) is 68.0 Å². The number of hydrogen-bond acceptors (Lipinski definition) is 6. The fourth-order valence-corrected chi connectivity index (χ4v) is 18.3. The molecule has 2 aliphatic heterocycles. The monoisotopic (exact) mass is 839 g/mol. The zero-order valence-corrected chi connectivity index (χ0v) is 39.5. The van der Waals surface area contributed by atoms with Crippen molar-refractivity contribution in [3.63, 3.8) is 0 Å². The van der Waals surface area contributed by atoms with E-state index in [1.54, 1.807) is 0 Å². The predicted molar refractivity (Wildman–Crippen MR) is 246 cm³/mol. The summed E-state index contributed by atoms with van der Waals surface area (Å²) < 4.78 is 29.1. The van der Waals surface area contributed by atoms with Gasteiger partial charge in [0.05, 0.1) is 23.9 Å². The molecule has 1 spiro atoms. The van der Waals surface area contributed by atoms with Crippen molar-refractivity contribution >= 4 is 33.0 Å². The Balaban J connectivity index is 1.46. The zero-order valence-electron chi connectivity index (χ0n) is 37.5. The first-order chi connectivity index (χ1) is 28.4. The first kappa shape index (κ1) is 45.5. The highest BCUT2D eigenvalue weighted by atomic mass is 28.4. The van der Waals surface area contributed by atoms with E-state index in [2.05, 4.69) is 140 Å². The molecule has 2 aromatic rings. The summed E-state index contributed by atoms with van der Waals surface area (Å²) in [5.74, 6) is -0.504. The van der Waals surface area contributed by atoms with Crippen LogP contribution in [0, 0.1) is 23.2 Å². The molecule has 5 bridgehead atoms. The first-order valence-corrected chi connectivity index (χ1v) is 27.5. The molecular formula is C51H74O6Si2. The van der Waals surface area contributed by atoms with Crippen molar-refractivity contribution < 1.29 is 28.2 Å². The summed E-state index contributed by atoms with van der Waals surface area (Å²) in [5.41, 5.74) is -0.0190. The van der Waals surface area contributed by atoms with Crippen molar-refractivity contribution in [1.29, 1.82) is 0 Å². The normalized spacial score (nSPS) is 27.4. The lowest BCUT2D eigenvalue weighted by Gasteiger charge is -2.54. The molecule has 1 N–H and O–H groups in total. The molecule has 0 aromatic heterocycles. The van der Waals surface area contributed by atoms with E-state index in [4.69, 9.17) is 18.3 Å². The number of aliphatic hydroxyl groups excluding tert-OH is 1. The molecule has 7 atom stereocenters. The van der Waals surface area contributed by atoms with Gasteiger partial charge in [-0.25, -0.2) is 0 Å². The molecule has 2 heterocycles. The van der Waals surface area contributed by atoms with Crippen LogP contribution in [0.3, 0.4) is 0 Å². The van der Waals surface area contributed by atoms with Gasteiger partial charge in [0.15, 0.2) is 0 Å². The Morgan fingerprint density at radius 2 is 1.53 bits per heavy atom. The number of rotatable bonds is 21. The molecule has 0 saturated carbocycles. The molecular weight excluding hydrogens is 765 g/mol. The molecule has 322 valence electrons. The van der Waals surface area contributed by atoms with Crippen molar-refractivity contribution in [2.75, 3.05) is 6.61 Å². The zero-order chi connectivity index (χ0) is 42.3. The molecule has 2 aliphatic carbocycles. The van der Waals surface area contributed by atoms with Gasteiger partial charge >= 0.3 is 5.97 Å². The molecule has 6 rings (SSSR count). The quantitative estimate of drug-likeness (QED) is 0.0584. The number of carbonyl (C=O) groups excluding carboxylic acids is 1. The minimum Gasteiger partial charge on any atom is -0.546 e. The third kappa shape index (κ3) is 8.73. The highest BCUT2D eigenvalue weighted by molar-refractivity contribution is 6.99. The maximum atomic E-state index is 15.0. The maximum Gasteiger partial charge on any atom is 0.319 e. The minimum atomic E-state index is -2.89. The Hall–Kier alpha value is -3.02. The molecule has 0 amide bonds. The lowest BCUT2D eigenvalue weighted by Crippen LogP contribution is -2.66. The summed E-state index contributed by atoms with van der Waals surface area (Å²) in [4.78, 5) is 15.0. The van der Waals surface area contributed by atoms with Crippen LogP contribution in [0.15, 0.2) is 108 Å². The SMILES string of the molecule is C/C=C/CCCCCC1C=C2C3(CCO[Si](c4ccccc4)(c4ccccc4)C(C)(C)C)CC=C(O[Si](CC)(CC)CC)C4C1C[C@@H]([C@H](O)CC/C=C/C)OC24OC3=O. The highest BCUT2D eigenvalue weighted by Gasteiger charge is 2.73. The Bertz CT molecular complexity index is 1760. The van der Waals surface area contributed by atoms with Gasteiger partial charge in [-0.2, -0.15) is 0 Å². The van der Waals surface area contributed by atoms with Gasteiger partial charge < -0.3 is 23.4 Å². The van der Waals surface area contributed by atoms with E-state index in [1.165, 1.54) is 10.4 Å². The van der Waals surface area contributed by atoms with E-state index >= 15 is 4.79 Å². The summed E-state index contributed by atoms with van der Waals surface area (Å²) >= 11 is 0. The van der Waals surface area contributed by atoms with Crippen LogP contribution in [0.5, 0.6) is 0 Å². The lowest BCUT2D eigenvalue weighted by molar-refractivity contribution is -0.290. The van der Waals surface area contributed by atoms with Gasteiger partial charge in [-0.15, -0.1) is 0 Å². The Morgan fingerprint density at radius 1 is 0.898 bits per heavy atom. The summed E-state index contributed by atoms with van der Waals surface area (Å²) in [5, 5.41) is 14.1. The average Bonchev–Trinajstić information content (AvgIpc) is 3.42. The number of carbonyl (C=O) groups is 1. The van der Waals surface area contributed by atoms with Crippen LogP contribution in [-0.2, 0) is 23.1 Å². The Kier molecular flexibility index (Phi) is 14.9. The topological polar surface area (TPSA) is 74.2 Å². The van der Waals surface area contributed by atoms with Crippen molar-refractivity contribution in [2.24, 2.45) is 23.2 Å². The van der Waals surface area contributed by atoms with E-state index in [-0.39, 0.29) is 28.8 Å². The smallest absolute Gasteiger partial charge is 0.319 e. The number of hydrogen-bond donors (Lipinski definition) is 1. The van der Waals surface area contributed by atoms with Gasteiger partial charge in [-0.05, 0) is 117 Å². The van der Waals surface area contributed by atoms with Crippen LogP contribution >= 0.6 is 0 Å². The van der Waals surface area contributed by atoms with Crippen molar-refractivity contribution in [3.05, 3.63) is 108 Å². The second kappa shape index (κ2) is 19.4. The third-order valence-electron chi connectivity index (χ3n) is 14.6. The van der Waals surface area contributed by atoms with Gasteiger partial charge in [0.1, 0.15) is 5.41 Å². The third-order valence-corrected chi connectivity index (χ3v) is 24.1. The molecule has 8 heteroatoms. The van der Waals surface area contributed by atoms with Crippen molar-refractivity contribution in [1.82, 2.24) is 0 Å². The fourth-order valence-electron chi connectivity index (χ4n) is 11.1. The van der Waals surface area contributed by atoms with E-state index in [9.17, 15) is 5.11 Å². The highest BCUT2D eigenvalue weighted by Crippen LogP contribution is 2.66. The van der Waals surface area contributed by atoms with E-state index < -0.39 is 40.0 Å². The summed E-state index contributed by atoms with van der Waals surface area (Å²) in [6.45, 7) is 18.2. The average molecular weight is 839 g/mol. The second-order valence-corrected chi connectivity index (χ2v) is 27.8. The van der Waals surface area contributed by atoms with Crippen LogP contribution < -0.4 is 10.4 Å². The minimum absolute atomic E-state index is 0.114. The maximum absolute atomic E-state index is 15.0. The van der Waals surface area contributed by atoms with Gasteiger partial charge in [0.2, 0.25) is 14.1 Å². The molecule has 6 nitrogen and oxygen atoms in total. The summed E-state index contributed by atoms with van der Waals surface area (Å²) in [6, 6.07) is 24.5. The molecule has 5 unspecified atom stereocenters. The van der Waals surface area contributed by atoms with Crippen LogP contribution in [0.1, 0.15) is 120 Å². The molecule has 0 radical (unpaired) electrons. The molecule has 4 aliphatic rings. The number of benzene rings is 2. The van der Waals surface area contributed by atoms with Gasteiger partial charge in [-0.1, -0.05) is 145 Å². The number of aliphatic hydroxyl groups is 1. The standard InChI is InChI=1S/C51H74O6Si2/c1-9-14-16-17-18-22-27-39-37-46-50(35-36-54-59(49(6,7)8,40-28-23-19-24-29-40)41-30-25-20-26-31-41)34-33-44(57-58(11-3,12-4)13-5)47-42(39)38-45(43(52)32-21-15-10-2)55-51(46,47)56-48(50)53/h9-10,14-15,19-20,23-26,28-31,33,37,39,42-43,45,47,52H,11-13,16-18,21-22,27,32,34-36,38H2,1-8H3/b14-9+,15-10+/t39?,42?,43-,45+,47?,50?,51?/m1/s1. The Labute approximate surface area is 358 Å².